The summed E-state index contributed by atoms with van der Waals surface area (Å²) in [6.07, 6.45) is 2.63. The van der Waals surface area contributed by atoms with Crippen molar-refractivity contribution in [1.29, 1.82) is 0 Å². The van der Waals surface area contributed by atoms with Gasteiger partial charge in [-0.2, -0.15) is 0 Å². The van der Waals surface area contributed by atoms with Gasteiger partial charge < -0.3 is 4.74 Å². The van der Waals surface area contributed by atoms with Gasteiger partial charge in [0.15, 0.2) is 0 Å². The first-order valence-corrected chi connectivity index (χ1v) is 9.23. The molecule has 1 saturated heterocycles. The standard InChI is InChI=1S/C19H26N2OS/c1-14-5-4-6-16(9-14)10-17-7-8-21(11-18(17)22-3)12-19-15(2)20-13-23-19/h4-6,9,13,17-18H,7-8,10-12H2,1-3H3/t17-,18+/m1/s1. The molecule has 0 N–H and O–H groups in total. The highest BCUT2D eigenvalue weighted by Gasteiger charge is 2.29. The molecule has 0 unspecified atom stereocenters. The molecule has 124 valence electrons. The predicted octanol–water partition coefficient (Wildman–Crippen LogP) is 3.84. The van der Waals surface area contributed by atoms with Crippen molar-refractivity contribution in [3.05, 3.63) is 51.5 Å². The molecule has 1 aliphatic rings. The molecule has 0 radical (unpaired) electrons. The molecule has 0 amide bonds. The molecule has 0 spiro atoms. The van der Waals surface area contributed by atoms with Gasteiger partial charge in [0.25, 0.3) is 0 Å². The molecule has 0 saturated carbocycles. The number of aromatic nitrogens is 1. The first-order valence-electron chi connectivity index (χ1n) is 8.35. The summed E-state index contributed by atoms with van der Waals surface area (Å²) >= 11 is 1.76. The number of benzene rings is 1. The molecule has 3 rings (SSSR count). The molecule has 1 aromatic heterocycles. The molecule has 1 aromatic carbocycles. The van der Waals surface area contributed by atoms with Crippen LogP contribution in [0.1, 0.15) is 28.1 Å². The first kappa shape index (κ1) is 16.6. The zero-order valence-electron chi connectivity index (χ0n) is 14.3. The van der Waals surface area contributed by atoms with Gasteiger partial charge >= 0.3 is 0 Å². The Hall–Kier alpha value is -1.23. The van der Waals surface area contributed by atoms with Crippen molar-refractivity contribution in [3.63, 3.8) is 0 Å². The summed E-state index contributed by atoms with van der Waals surface area (Å²) in [6, 6.07) is 8.87. The lowest BCUT2D eigenvalue weighted by Crippen LogP contribution is -2.45. The van der Waals surface area contributed by atoms with Crippen LogP contribution in [0, 0.1) is 19.8 Å². The van der Waals surface area contributed by atoms with E-state index in [1.165, 1.54) is 28.1 Å². The number of rotatable bonds is 5. The van der Waals surface area contributed by atoms with Crippen molar-refractivity contribution in [2.24, 2.45) is 5.92 Å². The quantitative estimate of drug-likeness (QED) is 0.833. The van der Waals surface area contributed by atoms with Gasteiger partial charge in [0, 0.05) is 25.1 Å². The van der Waals surface area contributed by atoms with Gasteiger partial charge in [-0.15, -0.1) is 11.3 Å². The fraction of sp³-hybridized carbons (Fsp3) is 0.526. The second-order valence-electron chi connectivity index (χ2n) is 6.61. The summed E-state index contributed by atoms with van der Waals surface area (Å²) in [6.45, 7) is 7.44. The largest absolute Gasteiger partial charge is 0.380 e. The molecule has 2 heterocycles. The van der Waals surface area contributed by atoms with E-state index in [2.05, 4.69) is 48.0 Å². The van der Waals surface area contributed by atoms with Crippen molar-refractivity contribution >= 4 is 11.3 Å². The average molecular weight is 330 g/mol. The van der Waals surface area contributed by atoms with Crippen LogP contribution in [0.4, 0.5) is 0 Å². The second kappa shape index (κ2) is 7.56. The van der Waals surface area contributed by atoms with Crippen LogP contribution in [0.2, 0.25) is 0 Å². The van der Waals surface area contributed by atoms with E-state index in [-0.39, 0.29) is 0 Å². The monoisotopic (exact) mass is 330 g/mol. The zero-order chi connectivity index (χ0) is 16.2. The summed E-state index contributed by atoms with van der Waals surface area (Å²) in [5.41, 5.74) is 5.90. The number of thiazole rings is 1. The van der Waals surface area contributed by atoms with Crippen molar-refractivity contribution in [2.45, 2.75) is 39.3 Å². The summed E-state index contributed by atoms with van der Waals surface area (Å²) < 4.78 is 5.83. The number of aryl methyl sites for hydroxylation is 2. The lowest BCUT2D eigenvalue weighted by molar-refractivity contribution is -0.0133. The van der Waals surface area contributed by atoms with Gasteiger partial charge in [-0.1, -0.05) is 29.8 Å². The third-order valence-corrected chi connectivity index (χ3v) is 5.80. The first-order chi connectivity index (χ1) is 11.2. The Bertz CT molecular complexity index is 640. The minimum absolute atomic E-state index is 0.317. The molecule has 1 fully saturated rings. The Kier molecular flexibility index (Phi) is 5.46. The highest BCUT2D eigenvalue weighted by atomic mass is 32.1. The van der Waals surface area contributed by atoms with Crippen LogP contribution in [-0.4, -0.2) is 36.2 Å². The molecule has 0 aliphatic carbocycles. The van der Waals surface area contributed by atoms with Gasteiger partial charge in [-0.05, 0) is 44.7 Å². The lowest BCUT2D eigenvalue weighted by atomic mass is 9.87. The molecule has 1 aliphatic heterocycles. The van der Waals surface area contributed by atoms with Gasteiger partial charge in [0.1, 0.15) is 0 Å². The Balaban J connectivity index is 1.61. The smallest absolute Gasteiger partial charge is 0.0798 e. The summed E-state index contributed by atoms with van der Waals surface area (Å²) in [5.74, 6) is 0.612. The van der Waals surface area contributed by atoms with Gasteiger partial charge in [-0.25, -0.2) is 4.98 Å². The third kappa shape index (κ3) is 4.19. The Morgan fingerprint density at radius 2 is 2.22 bits per heavy atom. The van der Waals surface area contributed by atoms with Gasteiger partial charge in [-0.3, -0.25) is 4.90 Å². The predicted molar refractivity (Wildman–Crippen MR) is 95.9 cm³/mol. The van der Waals surface area contributed by atoms with Crippen LogP contribution in [-0.2, 0) is 17.7 Å². The van der Waals surface area contributed by atoms with Crippen LogP contribution in [0.3, 0.4) is 0 Å². The van der Waals surface area contributed by atoms with Crippen LogP contribution < -0.4 is 0 Å². The Labute approximate surface area is 143 Å². The highest BCUT2D eigenvalue weighted by molar-refractivity contribution is 7.09. The van der Waals surface area contributed by atoms with Gasteiger partial charge in [0.05, 0.1) is 17.3 Å². The average Bonchev–Trinajstić information content (AvgIpc) is 2.94. The SMILES string of the molecule is CO[C@H]1CN(Cc2scnc2C)CC[C@@H]1Cc1cccc(C)c1. The number of methoxy groups -OCH3 is 1. The van der Waals surface area contributed by atoms with Gasteiger partial charge in [0.2, 0.25) is 0 Å². The summed E-state index contributed by atoms with van der Waals surface area (Å²) in [5, 5.41) is 0. The maximum atomic E-state index is 5.83. The van der Waals surface area contributed by atoms with E-state index in [0.717, 1.165) is 26.1 Å². The number of piperidine rings is 1. The van der Waals surface area contributed by atoms with E-state index in [1.54, 1.807) is 11.3 Å². The van der Waals surface area contributed by atoms with E-state index in [9.17, 15) is 0 Å². The molecule has 0 bridgehead atoms. The normalized spacial score (nSPS) is 22.4. The molecular weight excluding hydrogens is 304 g/mol. The molecular formula is C19H26N2OS. The maximum Gasteiger partial charge on any atom is 0.0798 e. The number of hydrogen-bond acceptors (Lipinski definition) is 4. The number of likely N-dealkylation sites (tertiary alicyclic amines) is 1. The lowest BCUT2D eigenvalue weighted by Gasteiger charge is -2.37. The fourth-order valence-corrected chi connectivity index (χ4v) is 4.31. The fourth-order valence-electron chi connectivity index (χ4n) is 3.50. The van der Waals surface area contributed by atoms with Crippen LogP contribution in [0.5, 0.6) is 0 Å². The second-order valence-corrected chi connectivity index (χ2v) is 7.55. The van der Waals surface area contributed by atoms with Crippen LogP contribution in [0.25, 0.3) is 0 Å². The Morgan fingerprint density at radius 3 is 2.91 bits per heavy atom. The number of nitrogens with zero attached hydrogens (tertiary/aromatic N) is 2. The van der Waals surface area contributed by atoms with E-state index >= 15 is 0 Å². The van der Waals surface area contributed by atoms with E-state index in [1.807, 2.05) is 12.6 Å². The molecule has 3 nitrogen and oxygen atoms in total. The number of hydrogen-bond donors (Lipinski definition) is 0. The summed E-state index contributed by atoms with van der Waals surface area (Å²) in [7, 11) is 1.86. The van der Waals surface area contributed by atoms with Crippen LogP contribution in [0.15, 0.2) is 29.8 Å². The third-order valence-electron chi connectivity index (χ3n) is 4.88. The maximum absolute atomic E-state index is 5.83. The van der Waals surface area contributed by atoms with Crippen molar-refractivity contribution in [2.75, 3.05) is 20.2 Å². The number of ether oxygens (including phenoxy) is 1. The molecule has 2 aromatic rings. The zero-order valence-corrected chi connectivity index (χ0v) is 15.1. The summed E-state index contributed by atoms with van der Waals surface area (Å²) in [4.78, 5) is 8.26. The van der Waals surface area contributed by atoms with E-state index in [0.29, 0.717) is 12.0 Å². The van der Waals surface area contributed by atoms with Crippen molar-refractivity contribution in [1.82, 2.24) is 9.88 Å². The topological polar surface area (TPSA) is 25.4 Å². The molecule has 4 heteroatoms. The van der Waals surface area contributed by atoms with Crippen molar-refractivity contribution in [3.8, 4) is 0 Å². The molecule has 2 atom stereocenters. The Morgan fingerprint density at radius 1 is 1.35 bits per heavy atom. The van der Waals surface area contributed by atoms with E-state index < -0.39 is 0 Å². The van der Waals surface area contributed by atoms with Crippen molar-refractivity contribution < 1.29 is 4.74 Å². The highest BCUT2D eigenvalue weighted by Crippen LogP contribution is 2.26. The molecule has 23 heavy (non-hydrogen) atoms. The minimum atomic E-state index is 0.317. The van der Waals surface area contributed by atoms with Crippen LogP contribution >= 0.6 is 11.3 Å². The van der Waals surface area contributed by atoms with E-state index in [4.69, 9.17) is 4.74 Å². The minimum Gasteiger partial charge on any atom is -0.380 e.